The Morgan fingerprint density at radius 3 is 2.39 bits per heavy atom. The van der Waals surface area contributed by atoms with E-state index >= 15 is 0 Å². The average molecular weight is 259 g/mol. The molecule has 1 aromatic carbocycles. The maximum atomic E-state index is 11.9. The Balaban J connectivity index is 2.08. The summed E-state index contributed by atoms with van der Waals surface area (Å²) in [7, 11) is 0. The van der Waals surface area contributed by atoms with Crippen LogP contribution >= 0.6 is 0 Å². The van der Waals surface area contributed by atoms with Crippen LogP contribution in [0, 0.1) is 0 Å². The van der Waals surface area contributed by atoms with Gasteiger partial charge in [-0.15, -0.1) is 0 Å². The molecule has 1 unspecified atom stereocenters. The van der Waals surface area contributed by atoms with Gasteiger partial charge in [0.25, 0.3) is 0 Å². The highest BCUT2D eigenvalue weighted by Gasteiger charge is 2.25. The molecule has 0 aliphatic rings. The number of hydrogen-bond donors (Lipinski definition) is 1. The Morgan fingerprint density at radius 1 is 1.11 bits per heavy atom. The van der Waals surface area contributed by atoms with Crippen LogP contribution in [0.1, 0.15) is 37.7 Å². The summed E-state index contributed by atoms with van der Waals surface area (Å²) >= 11 is 0. The van der Waals surface area contributed by atoms with E-state index in [0.29, 0.717) is 18.9 Å². The number of hydrogen-bond acceptors (Lipinski definition) is 1. The van der Waals surface area contributed by atoms with E-state index in [4.69, 9.17) is 0 Å². The molecule has 0 heterocycles. The highest BCUT2D eigenvalue weighted by Crippen LogP contribution is 2.21. The highest BCUT2D eigenvalue weighted by atomic mass is 19.4. The van der Waals surface area contributed by atoms with Crippen LogP contribution in [0.3, 0.4) is 0 Å². The van der Waals surface area contributed by atoms with Crippen molar-refractivity contribution < 1.29 is 13.2 Å². The standard InChI is InChI=1S/C14H20F3N/c1-12(13-7-3-2-4-8-13)11-18-10-6-5-9-14(15,16)17/h2-4,7-8,12,18H,5-6,9-11H2,1H3. The van der Waals surface area contributed by atoms with Crippen LogP contribution in [-0.2, 0) is 0 Å². The normalized spacial score (nSPS) is 13.6. The fourth-order valence-corrected chi connectivity index (χ4v) is 1.79. The Morgan fingerprint density at radius 2 is 1.78 bits per heavy atom. The van der Waals surface area contributed by atoms with Gasteiger partial charge in [-0.05, 0) is 30.9 Å². The zero-order valence-electron chi connectivity index (χ0n) is 10.6. The zero-order valence-corrected chi connectivity index (χ0v) is 10.6. The van der Waals surface area contributed by atoms with Gasteiger partial charge in [-0.2, -0.15) is 13.2 Å². The summed E-state index contributed by atoms with van der Waals surface area (Å²) in [6, 6.07) is 10.1. The number of rotatable bonds is 7. The fourth-order valence-electron chi connectivity index (χ4n) is 1.79. The van der Waals surface area contributed by atoms with Gasteiger partial charge in [0.1, 0.15) is 0 Å². The van der Waals surface area contributed by atoms with Crippen molar-refractivity contribution in [2.75, 3.05) is 13.1 Å². The molecule has 1 nitrogen and oxygen atoms in total. The number of alkyl halides is 3. The Hall–Kier alpha value is -1.03. The van der Waals surface area contributed by atoms with Gasteiger partial charge in [0.05, 0.1) is 0 Å². The number of halogens is 3. The molecule has 1 aromatic rings. The number of benzene rings is 1. The lowest BCUT2D eigenvalue weighted by Gasteiger charge is -2.13. The predicted octanol–water partition coefficient (Wildman–Crippen LogP) is 4.11. The van der Waals surface area contributed by atoms with Crippen molar-refractivity contribution in [3.63, 3.8) is 0 Å². The van der Waals surface area contributed by atoms with E-state index in [1.807, 2.05) is 18.2 Å². The second-order valence-electron chi connectivity index (χ2n) is 4.59. The first kappa shape index (κ1) is 15.0. The van der Waals surface area contributed by atoms with Gasteiger partial charge in [-0.3, -0.25) is 0 Å². The molecule has 0 aliphatic carbocycles. The molecule has 102 valence electrons. The number of unbranched alkanes of at least 4 members (excludes halogenated alkanes) is 1. The minimum atomic E-state index is -4.02. The lowest BCUT2D eigenvalue weighted by atomic mass is 10.0. The molecule has 1 N–H and O–H groups in total. The molecule has 0 saturated heterocycles. The van der Waals surface area contributed by atoms with Crippen molar-refractivity contribution in [3.8, 4) is 0 Å². The van der Waals surface area contributed by atoms with Gasteiger partial charge < -0.3 is 5.32 Å². The summed E-state index contributed by atoms with van der Waals surface area (Å²) in [5.41, 5.74) is 1.25. The molecule has 0 radical (unpaired) electrons. The van der Waals surface area contributed by atoms with E-state index in [2.05, 4.69) is 24.4 Å². The molecule has 0 spiro atoms. The predicted molar refractivity (Wildman–Crippen MR) is 67.6 cm³/mol. The van der Waals surface area contributed by atoms with E-state index in [1.165, 1.54) is 5.56 Å². The Bertz CT molecular complexity index is 322. The second-order valence-corrected chi connectivity index (χ2v) is 4.59. The smallest absolute Gasteiger partial charge is 0.316 e. The summed E-state index contributed by atoms with van der Waals surface area (Å²) in [5.74, 6) is 0.383. The van der Waals surface area contributed by atoms with Crippen LogP contribution in [-0.4, -0.2) is 19.3 Å². The molecule has 0 bridgehead atoms. The van der Waals surface area contributed by atoms with E-state index in [9.17, 15) is 13.2 Å². The van der Waals surface area contributed by atoms with Crippen LogP contribution < -0.4 is 5.32 Å². The maximum Gasteiger partial charge on any atom is 0.389 e. The van der Waals surface area contributed by atoms with Gasteiger partial charge in [-0.1, -0.05) is 37.3 Å². The van der Waals surface area contributed by atoms with Crippen LogP contribution in [0.2, 0.25) is 0 Å². The quantitative estimate of drug-likeness (QED) is 0.726. The minimum absolute atomic E-state index is 0.205. The van der Waals surface area contributed by atoms with Crippen molar-refractivity contribution in [1.29, 1.82) is 0 Å². The van der Waals surface area contributed by atoms with Gasteiger partial charge >= 0.3 is 6.18 Å². The highest BCUT2D eigenvalue weighted by molar-refractivity contribution is 5.18. The largest absolute Gasteiger partial charge is 0.389 e. The van der Waals surface area contributed by atoms with Crippen molar-refractivity contribution in [2.45, 2.75) is 38.3 Å². The van der Waals surface area contributed by atoms with E-state index in [0.717, 1.165) is 6.54 Å². The third-order valence-corrected chi connectivity index (χ3v) is 2.88. The molecule has 0 aliphatic heterocycles. The van der Waals surface area contributed by atoms with Gasteiger partial charge in [0.15, 0.2) is 0 Å². The zero-order chi connectivity index (χ0) is 13.4. The summed E-state index contributed by atoms with van der Waals surface area (Å²) < 4.78 is 35.7. The SMILES string of the molecule is CC(CNCCCCC(F)(F)F)c1ccccc1. The monoisotopic (exact) mass is 259 g/mol. The Labute approximate surface area is 106 Å². The summed E-state index contributed by atoms with van der Waals surface area (Å²) in [6.07, 6.45) is -3.92. The summed E-state index contributed by atoms with van der Waals surface area (Å²) in [5, 5.41) is 3.20. The molecule has 0 aromatic heterocycles. The summed E-state index contributed by atoms with van der Waals surface area (Å²) in [6.45, 7) is 3.56. The van der Waals surface area contributed by atoms with Crippen LogP contribution in [0.15, 0.2) is 30.3 Å². The maximum absolute atomic E-state index is 11.9. The molecular formula is C14H20F3N. The molecule has 0 amide bonds. The number of nitrogens with one attached hydrogen (secondary N) is 1. The first-order valence-corrected chi connectivity index (χ1v) is 6.31. The average Bonchev–Trinajstić information content (AvgIpc) is 2.33. The van der Waals surface area contributed by atoms with Gasteiger partial charge in [0.2, 0.25) is 0 Å². The minimum Gasteiger partial charge on any atom is -0.316 e. The van der Waals surface area contributed by atoms with Crippen LogP contribution in [0.4, 0.5) is 13.2 Å². The first-order valence-electron chi connectivity index (χ1n) is 6.31. The lowest BCUT2D eigenvalue weighted by Crippen LogP contribution is -2.21. The molecule has 0 fully saturated rings. The molecule has 0 saturated carbocycles. The third kappa shape index (κ3) is 6.64. The topological polar surface area (TPSA) is 12.0 Å². The van der Waals surface area contributed by atoms with E-state index in [-0.39, 0.29) is 6.42 Å². The summed E-state index contributed by atoms with van der Waals surface area (Å²) in [4.78, 5) is 0. The van der Waals surface area contributed by atoms with Crippen molar-refractivity contribution >= 4 is 0 Å². The molecule has 18 heavy (non-hydrogen) atoms. The second kappa shape index (κ2) is 7.41. The van der Waals surface area contributed by atoms with Gasteiger partial charge in [0, 0.05) is 13.0 Å². The van der Waals surface area contributed by atoms with E-state index < -0.39 is 12.6 Å². The van der Waals surface area contributed by atoms with Crippen molar-refractivity contribution in [1.82, 2.24) is 5.32 Å². The Kier molecular flexibility index (Phi) is 6.19. The molecule has 1 rings (SSSR count). The molecule has 1 atom stereocenters. The van der Waals surface area contributed by atoms with Crippen LogP contribution in [0.5, 0.6) is 0 Å². The fraction of sp³-hybridized carbons (Fsp3) is 0.571. The first-order chi connectivity index (χ1) is 8.49. The lowest BCUT2D eigenvalue weighted by molar-refractivity contribution is -0.135. The van der Waals surface area contributed by atoms with Gasteiger partial charge in [-0.25, -0.2) is 0 Å². The van der Waals surface area contributed by atoms with E-state index in [1.54, 1.807) is 0 Å². The van der Waals surface area contributed by atoms with Crippen molar-refractivity contribution in [3.05, 3.63) is 35.9 Å². The van der Waals surface area contributed by atoms with Crippen LogP contribution in [0.25, 0.3) is 0 Å². The third-order valence-electron chi connectivity index (χ3n) is 2.88. The van der Waals surface area contributed by atoms with Crippen molar-refractivity contribution in [2.24, 2.45) is 0 Å². The molecular weight excluding hydrogens is 239 g/mol. The molecule has 4 heteroatoms.